The number of halogens is 1. The van der Waals surface area contributed by atoms with Crippen molar-refractivity contribution in [1.29, 1.82) is 0 Å². The van der Waals surface area contributed by atoms with Crippen molar-refractivity contribution in [3.05, 3.63) is 59.4 Å². The van der Waals surface area contributed by atoms with E-state index in [2.05, 4.69) is 50.5 Å². The summed E-state index contributed by atoms with van der Waals surface area (Å²) in [7, 11) is 0. The van der Waals surface area contributed by atoms with Crippen LogP contribution in [0.15, 0.2) is 48.7 Å². The van der Waals surface area contributed by atoms with Crippen molar-refractivity contribution < 1.29 is 4.79 Å². The number of H-pyrrole nitrogens is 1. The van der Waals surface area contributed by atoms with Gasteiger partial charge in [-0.05, 0) is 55.6 Å². The predicted molar refractivity (Wildman–Crippen MR) is 105 cm³/mol. The van der Waals surface area contributed by atoms with E-state index in [1.54, 1.807) is 12.1 Å². The molecule has 2 aromatic heterocycles. The fraction of sp³-hybridized carbons (Fsp3) is 0.300. The summed E-state index contributed by atoms with van der Waals surface area (Å²) in [6.45, 7) is 2.23. The van der Waals surface area contributed by atoms with Crippen LogP contribution < -0.4 is 5.32 Å². The first-order chi connectivity index (χ1) is 12.7. The molecule has 1 aliphatic heterocycles. The van der Waals surface area contributed by atoms with Crippen molar-refractivity contribution in [2.45, 2.75) is 18.8 Å². The van der Waals surface area contributed by atoms with E-state index >= 15 is 0 Å². The van der Waals surface area contributed by atoms with Gasteiger partial charge in [0.05, 0.1) is 11.6 Å². The highest BCUT2D eigenvalue weighted by molar-refractivity contribution is 6.30. The lowest BCUT2D eigenvalue weighted by Crippen LogP contribution is -2.38. The van der Waals surface area contributed by atoms with Crippen molar-refractivity contribution in [3.8, 4) is 0 Å². The fourth-order valence-corrected chi connectivity index (χ4v) is 3.66. The summed E-state index contributed by atoms with van der Waals surface area (Å²) in [6, 6.07) is 14.1. The van der Waals surface area contributed by atoms with Gasteiger partial charge in [-0.2, -0.15) is 0 Å². The van der Waals surface area contributed by atoms with Gasteiger partial charge in [-0.15, -0.1) is 0 Å². The summed E-state index contributed by atoms with van der Waals surface area (Å²) in [4.78, 5) is 22.0. The number of carbonyl (C=O) groups excluding carboxylic acids is 1. The maximum Gasteiger partial charge on any atom is 0.239 e. The summed E-state index contributed by atoms with van der Waals surface area (Å²) >= 11 is 5.81. The quantitative estimate of drug-likeness (QED) is 0.730. The highest BCUT2D eigenvalue weighted by Gasteiger charge is 2.23. The van der Waals surface area contributed by atoms with E-state index in [0.717, 1.165) is 25.9 Å². The summed E-state index contributed by atoms with van der Waals surface area (Å²) in [6.07, 6.45) is 3.64. The number of fused-ring (bicyclic) bond motifs is 1. The average Bonchev–Trinajstić information content (AvgIpc) is 3.08. The summed E-state index contributed by atoms with van der Waals surface area (Å²) in [5.41, 5.74) is 2.50. The molecule has 0 aliphatic carbocycles. The van der Waals surface area contributed by atoms with Crippen molar-refractivity contribution in [3.63, 3.8) is 0 Å². The van der Waals surface area contributed by atoms with Crippen molar-refractivity contribution in [2.75, 3.05) is 25.0 Å². The molecule has 134 valence electrons. The number of amides is 1. The smallest absolute Gasteiger partial charge is 0.239 e. The van der Waals surface area contributed by atoms with Gasteiger partial charge in [0.1, 0.15) is 5.82 Å². The third-order valence-corrected chi connectivity index (χ3v) is 5.16. The molecule has 5 nitrogen and oxygen atoms in total. The number of carbonyl (C=O) groups is 1. The van der Waals surface area contributed by atoms with Crippen LogP contribution in [0.5, 0.6) is 0 Å². The lowest BCUT2D eigenvalue weighted by atomic mass is 9.93. The van der Waals surface area contributed by atoms with Crippen molar-refractivity contribution >= 4 is 34.2 Å². The Bertz CT molecular complexity index is 865. The van der Waals surface area contributed by atoms with Gasteiger partial charge >= 0.3 is 0 Å². The van der Waals surface area contributed by atoms with E-state index in [9.17, 15) is 4.79 Å². The molecule has 0 spiro atoms. The summed E-state index contributed by atoms with van der Waals surface area (Å²) < 4.78 is 0. The lowest BCUT2D eigenvalue weighted by Gasteiger charge is -2.31. The number of hydrogen-bond donors (Lipinski definition) is 2. The number of nitrogens with zero attached hydrogens (tertiary/aromatic N) is 2. The van der Waals surface area contributed by atoms with Gasteiger partial charge in [-0.25, -0.2) is 4.98 Å². The number of piperidine rings is 1. The average molecular weight is 369 g/mol. The molecule has 1 aromatic carbocycles. The number of aromatic nitrogens is 2. The highest BCUT2D eigenvalue weighted by Crippen LogP contribution is 2.29. The molecular formula is C20H21ClN4O. The predicted octanol–water partition coefficient (Wildman–Crippen LogP) is 4.03. The van der Waals surface area contributed by atoms with Crippen molar-refractivity contribution in [1.82, 2.24) is 14.9 Å². The Kier molecular flexibility index (Phi) is 4.91. The molecule has 4 rings (SSSR count). The van der Waals surface area contributed by atoms with Gasteiger partial charge in [-0.3, -0.25) is 9.69 Å². The van der Waals surface area contributed by atoms with Crippen LogP contribution in [-0.2, 0) is 4.79 Å². The number of anilines is 1. The molecule has 3 aromatic rings. The van der Waals surface area contributed by atoms with E-state index in [1.807, 2.05) is 0 Å². The zero-order chi connectivity index (χ0) is 17.9. The van der Waals surface area contributed by atoms with E-state index in [-0.39, 0.29) is 5.91 Å². The normalized spacial score (nSPS) is 16.0. The van der Waals surface area contributed by atoms with Crippen LogP contribution in [0.25, 0.3) is 10.9 Å². The number of pyridine rings is 1. The molecule has 3 heterocycles. The molecule has 0 unspecified atom stereocenters. The topological polar surface area (TPSA) is 61.0 Å². The molecule has 26 heavy (non-hydrogen) atoms. The van der Waals surface area contributed by atoms with E-state index < -0.39 is 0 Å². The molecule has 0 saturated carbocycles. The van der Waals surface area contributed by atoms with Gasteiger partial charge in [0.2, 0.25) is 5.91 Å². The zero-order valence-electron chi connectivity index (χ0n) is 14.4. The molecule has 1 amide bonds. The second-order valence-corrected chi connectivity index (χ2v) is 7.21. The van der Waals surface area contributed by atoms with E-state index in [1.165, 1.54) is 22.8 Å². The molecular weight excluding hydrogens is 348 g/mol. The standard InChI is InChI=1S/C20H21ClN4O/c21-16-5-6-19(22-12-16)24-20(26)13-25-9-7-14(8-10-25)18-11-15-3-1-2-4-17(15)23-18/h1-6,11-12,14,23H,7-10,13H2,(H,22,24,26). The van der Waals surface area contributed by atoms with E-state index in [0.29, 0.717) is 23.3 Å². The number of para-hydroxylation sites is 1. The van der Waals surface area contributed by atoms with Gasteiger partial charge in [0.25, 0.3) is 0 Å². The second-order valence-electron chi connectivity index (χ2n) is 6.77. The Morgan fingerprint density at radius 2 is 2.04 bits per heavy atom. The van der Waals surface area contributed by atoms with Crippen LogP contribution in [0.1, 0.15) is 24.5 Å². The minimum Gasteiger partial charge on any atom is -0.358 e. The maximum atomic E-state index is 12.2. The Hall–Kier alpha value is -2.37. The number of rotatable bonds is 4. The van der Waals surface area contributed by atoms with Crippen LogP contribution in [0, 0.1) is 0 Å². The Morgan fingerprint density at radius 1 is 1.23 bits per heavy atom. The first-order valence-corrected chi connectivity index (χ1v) is 9.26. The summed E-state index contributed by atoms with van der Waals surface area (Å²) in [5, 5.41) is 4.64. The van der Waals surface area contributed by atoms with Crippen LogP contribution >= 0.6 is 11.6 Å². The first kappa shape index (κ1) is 17.1. The number of benzene rings is 1. The molecule has 0 radical (unpaired) electrons. The molecule has 1 aliphatic rings. The number of nitrogens with one attached hydrogen (secondary N) is 2. The highest BCUT2D eigenvalue weighted by atomic mass is 35.5. The van der Waals surface area contributed by atoms with Gasteiger partial charge in [-0.1, -0.05) is 29.8 Å². The monoisotopic (exact) mass is 368 g/mol. The molecule has 1 saturated heterocycles. The van der Waals surface area contributed by atoms with Crippen LogP contribution in [0.3, 0.4) is 0 Å². The third-order valence-electron chi connectivity index (χ3n) is 4.94. The van der Waals surface area contributed by atoms with Crippen LogP contribution in [-0.4, -0.2) is 40.4 Å². The van der Waals surface area contributed by atoms with Gasteiger partial charge in [0.15, 0.2) is 0 Å². The molecule has 0 bridgehead atoms. The van der Waals surface area contributed by atoms with E-state index in [4.69, 9.17) is 11.6 Å². The minimum atomic E-state index is -0.0381. The first-order valence-electron chi connectivity index (χ1n) is 8.89. The van der Waals surface area contributed by atoms with Crippen LogP contribution in [0.4, 0.5) is 5.82 Å². The van der Waals surface area contributed by atoms with Crippen molar-refractivity contribution in [2.24, 2.45) is 0 Å². The third kappa shape index (κ3) is 3.89. The molecule has 1 fully saturated rings. The molecule has 0 atom stereocenters. The van der Waals surface area contributed by atoms with Gasteiger partial charge in [0, 0.05) is 23.3 Å². The largest absolute Gasteiger partial charge is 0.358 e. The SMILES string of the molecule is O=C(CN1CCC(c2cc3ccccc3[nH]2)CC1)Nc1ccc(Cl)cn1. The number of likely N-dealkylation sites (tertiary alicyclic amines) is 1. The minimum absolute atomic E-state index is 0.0381. The zero-order valence-corrected chi connectivity index (χ0v) is 15.2. The maximum absolute atomic E-state index is 12.2. The molecule has 2 N–H and O–H groups in total. The lowest BCUT2D eigenvalue weighted by molar-refractivity contribution is -0.117. The Morgan fingerprint density at radius 3 is 2.77 bits per heavy atom. The molecule has 6 heteroatoms. The summed E-state index contributed by atoms with van der Waals surface area (Å²) in [5.74, 6) is 1.02. The number of aromatic amines is 1. The van der Waals surface area contributed by atoms with Gasteiger partial charge < -0.3 is 10.3 Å². The Labute approximate surface area is 157 Å². The second kappa shape index (κ2) is 7.48. The number of hydrogen-bond acceptors (Lipinski definition) is 3. The Balaban J connectivity index is 1.30. The van der Waals surface area contributed by atoms with Crippen LogP contribution in [0.2, 0.25) is 5.02 Å². The fourth-order valence-electron chi connectivity index (χ4n) is 3.55.